The number of rotatable bonds is 5. The van der Waals surface area contributed by atoms with E-state index in [0.29, 0.717) is 22.7 Å². The zero-order valence-corrected chi connectivity index (χ0v) is 16.1. The smallest absolute Gasteiger partial charge is 0.309 e. The van der Waals surface area contributed by atoms with Crippen LogP contribution in [0.4, 0.5) is 5.82 Å². The van der Waals surface area contributed by atoms with Crippen LogP contribution in [0.25, 0.3) is 11.2 Å². The van der Waals surface area contributed by atoms with Gasteiger partial charge in [-0.05, 0) is 26.7 Å². The van der Waals surface area contributed by atoms with E-state index in [1.54, 1.807) is 18.5 Å². The number of fused-ring (bicyclic) bond motifs is 2. The van der Waals surface area contributed by atoms with E-state index >= 15 is 0 Å². The topological polar surface area (TPSA) is 138 Å². The van der Waals surface area contributed by atoms with E-state index in [0.717, 1.165) is 12.2 Å². The van der Waals surface area contributed by atoms with Crippen LogP contribution in [0.15, 0.2) is 5.16 Å². The summed E-state index contributed by atoms with van der Waals surface area (Å²) in [6, 6.07) is -0.360. The van der Waals surface area contributed by atoms with E-state index in [9.17, 15) is 9.90 Å². The zero-order valence-electron chi connectivity index (χ0n) is 15.3. The molecule has 3 N–H and O–H groups in total. The minimum atomic E-state index is -0.911. The van der Waals surface area contributed by atoms with E-state index in [-0.39, 0.29) is 11.9 Å². The Morgan fingerprint density at radius 2 is 2.11 bits per heavy atom. The minimum Gasteiger partial charge on any atom is -0.481 e. The fourth-order valence-electron chi connectivity index (χ4n) is 3.75. The number of nitrogens with zero attached hydrogens (tertiary/aromatic N) is 5. The van der Waals surface area contributed by atoms with Crippen molar-refractivity contribution in [2.45, 2.75) is 62.8 Å². The van der Waals surface area contributed by atoms with Crippen molar-refractivity contribution in [2.75, 3.05) is 11.5 Å². The average molecular weight is 394 g/mol. The summed E-state index contributed by atoms with van der Waals surface area (Å²) >= 11 is 1.51. The van der Waals surface area contributed by atoms with Crippen molar-refractivity contribution in [1.29, 1.82) is 0 Å². The number of thioether (sulfide) groups is 1. The number of aromatic nitrogens is 5. The number of carboxylic acid groups (broad SMARTS) is 1. The molecular weight excluding hydrogens is 372 g/mol. The first-order valence-electron chi connectivity index (χ1n) is 8.90. The van der Waals surface area contributed by atoms with Gasteiger partial charge in [-0.3, -0.25) is 4.79 Å². The van der Waals surface area contributed by atoms with Crippen LogP contribution < -0.4 is 5.73 Å². The van der Waals surface area contributed by atoms with Crippen molar-refractivity contribution >= 4 is 34.7 Å². The van der Waals surface area contributed by atoms with Crippen molar-refractivity contribution in [3.63, 3.8) is 0 Å². The second-order valence-electron chi connectivity index (χ2n) is 7.26. The molecule has 4 rings (SSSR count). The number of ether oxygens (including phenoxy) is 2. The number of carboxylic acids is 1. The highest BCUT2D eigenvalue weighted by molar-refractivity contribution is 7.99. The summed E-state index contributed by atoms with van der Waals surface area (Å²) in [7, 11) is 0. The van der Waals surface area contributed by atoms with Crippen molar-refractivity contribution < 1.29 is 19.4 Å². The Kier molecular flexibility index (Phi) is 4.47. The molecule has 0 amide bonds. The summed E-state index contributed by atoms with van der Waals surface area (Å²) in [6.07, 6.45) is 0.306. The van der Waals surface area contributed by atoms with Gasteiger partial charge in [0.2, 0.25) is 0 Å². The van der Waals surface area contributed by atoms with Crippen LogP contribution in [-0.2, 0) is 14.3 Å². The van der Waals surface area contributed by atoms with Gasteiger partial charge in [-0.15, -0.1) is 5.10 Å². The number of aliphatic carboxylic acids is 1. The largest absolute Gasteiger partial charge is 0.481 e. The lowest BCUT2D eigenvalue weighted by Crippen LogP contribution is -2.30. The molecule has 2 aromatic rings. The molecule has 10 nitrogen and oxygen atoms in total. The van der Waals surface area contributed by atoms with Gasteiger partial charge in [0.15, 0.2) is 27.9 Å². The van der Waals surface area contributed by atoms with Gasteiger partial charge in [-0.1, -0.05) is 23.9 Å². The Balaban J connectivity index is 1.75. The number of nitrogen functional groups attached to an aromatic ring is 1. The fraction of sp³-hybridized carbons (Fsp3) is 0.688. The highest BCUT2D eigenvalue weighted by atomic mass is 32.2. The molecule has 3 heterocycles. The Labute approximate surface area is 159 Å². The first-order valence-corrected chi connectivity index (χ1v) is 9.89. The lowest BCUT2D eigenvalue weighted by atomic mass is 10.1. The molecular formula is C16H22N6O4S. The maximum absolute atomic E-state index is 11.7. The Morgan fingerprint density at radius 1 is 1.37 bits per heavy atom. The maximum Gasteiger partial charge on any atom is 0.309 e. The van der Waals surface area contributed by atoms with Gasteiger partial charge in [-0.2, -0.15) is 0 Å². The van der Waals surface area contributed by atoms with E-state index in [4.69, 9.17) is 15.2 Å². The minimum absolute atomic E-state index is 0.262. The number of nitrogens with two attached hydrogens (primary N) is 1. The highest BCUT2D eigenvalue weighted by Gasteiger charge is 2.57. The molecule has 1 saturated carbocycles. The third-order valence-electron chi connectivity index (χ3n) is 4.83. The molecule has 27 heavy (non-hydrogen) atoms. The summed E-state index contributed by atoms with van der Waals surface area (Å²) < 4.78 is 13.5. The van der Waals surface area contributed by atoms with E-state index in [1.807, 2.05) is 0 Å². The molecule has 1 aliphatic carbocycles. The maximum atomic E-state index is 11.7. The SMILES string of the molecule is CCCSc1nc(N)c2nnn([C@@H]3C[C@H](C(=O)O)[C@H]4OC(C)(C)O[C@H]43)c2n1. The molecule has 1 saturated heterocycles. The van der Waals surface area contributed by atoms with Crippen LogP contribution in [0.5, 0.6) is 0 Å². The van der Waals surface area contributed by atoms with Gasteiger partial charge in [0.1, 0.15) is 12.2 Å². The second kappa shape index (κ2) is 6.57. The van der Waals surface area contributed by atoms with E-state index in [2.05, 4.69) is 27.2 Å². The Morgan fingerprint density at radius 3 is 2.81 bits per heavy atom. The van der Waals surface area contributed by atoms with Crippen LogP contribution in [0.1, 0.15) is 39.7 Å². The quantitative estimate of drug-likeness (QED) is 0.566. The summed E-state index contributed by atoms with van der Waals surface area (Å²) in [6.45, 7) is 5.63. The molecule has 0 radical (unpaired) electrons. The number of anilines is 1. The summed E-state index contributed by atoms with van der Waals surface area (Å²) in [5.74, 6) is -1.32. The van der Waals surface area contributed by atoms with E-state index < -0.39 is 29.9 Å². The number of hydrogen-bond acceptors (Lipinski definition) is 9. The lowest BCUT2D eigenvalue weighted by molar-refractivity contribution is -0.168. The molecule has 1 aliphatic heterocycles. The molecule has 2 fully saturated rings. The van der Waals surface area contributed by atoms with Gasteiger partial charge in [0, 0.05) is 5.75 Å². The van der Waals surface area contributed by atoms with Gasteiger partial charge in [0.05, 0.1) is 12.0 Å². The number of hydrogen-bond donors (Lipinski definition) is 2. The van der Waals surface area contributed by atoms with Gasteiger partial charge < -0.3 is 20.3 Å². The van der Waals surface area contributed by atoms with Crippen molar-refractivity contribution in [1.82, 2.24) is 25.0 Å². The summed E-state index contributed by atoms with van der Waals surface area (Å²) in [4.78, 5) is 20.6. The highest BCUT2D eigenvalue weighted by Crippen LogP contribution is 2.47. The predicted octanol–water partition coefficient (Wildman–Crippen LogP) is 1.47. The zero-order chi connectivity index (χ0) is 19.3. The van der Waals surface area contributed by atoms with Crippen LogP contribution in [-0.4, -0.2) is 59.8 Å². The average Bonchev–Trinajstić information content (AvgIpc) is 3.23. The van der Waals surface area contributed by atoms with Crippen LogP contribution in [0, 0.1) is 5.92 Å². The number of carbonyl (C=O) groups is 1. The van der Waals surface area contributed by atoms with Crippen molar-refractivity contribution in [3.8, 4) is 0 Å². The molecule has 11 heteroatoms. The Bertz CT molecular complexity index is 887. The van der Waals surface area contributed by atoms with Crippen molar-refractivity contribution in [2.24, 2.45) is 5.92 Å². The molecule has 2 aromatic heterocycles. The first kappa shape index (κ1) is 18.4. The Hall–Kier alpha value is -1.98. The summed E-state index contributed by atoms with van der Waals surface area (Å²) in [5.41, 5.74) is 6.93. The standard InChI is InChI=1S/C16H22N6O4S/c1-4-5-27-15-18-12(17)9-13(19-15)22(21-20-9)8-6-7(14(23)24)10-11(8)26-16(2,3)25-10/h7-8,10-11H,4-6H2,1-3H3,(H,23,24)(H2,17,18,19)/t7-,8+,10+,11-/m0/s1. The molecule has 0 aromatic carbocycles. The monoisotopic (exact) mass is 394 g/mol. The van der Waals surface area contributed by atoms with Gasteiger partial charge in [0.25, 0.3) is 0 Å². The normalized spacial score (nSPS) is 29.3. The van der Waals surface area contributed by atoms with Crippen LogP contribution >= 0.6 is 11.8 Å². The van der Waals surface area contributed by atoms with Crippen LogP contribution in [0.2, 0.25) is 0 Å². The third kappa shape index (κ3) is 3.13. The molecule has 4 atom stereocenters. The van der Waals surface area contributed by atoms with Crippen LogP contribution in [0.3, 0.4) is 0 Å². The van der Waals surface area contributed by atoms with Gasteiger partial charge >= 0.3 is 5.97 Å². The predicted molar refractivity (Wildman–Crippen MR) is 97.2 cm³/mol. The lowest BCUT2D eigenvalue weighted by Gasteiger charge is -2.22. The third-order valence-corrected chi connectivity index (χ3v) is 5.88. The van der Waals surface area contributed by atoms with Gasteiger partial charge in [-0.25, -0.2) is 14.6 Å². The molecule has 2 aliphatic rings. The molecule has 146 valence electrons. The van der Waals surface area contributed by atoms with E-state index in [1.165, 1.54) is 11.8 Å². The molecule has 0 spiro atoms. The summed E-state index contributed by atoms with van der Waals surface area (Å²) in [5, 5.41) is 18.5. The van der Waals surface area contributed by atoms with Crippen molar-refractivity contribution in [3.05, 3.63) is 0 Å². The molecule has 0 bridgehead atoms. The first-order chi connectivity index (χ1) is 12.8. The fourth-order valence-corrected chi connectivity index (χ4v) is 4.45. The second-order valence-corrected chi connectivity index (χ2v) is 8.32. The molecule has 0 unspecified atom stereocenters.